The first-order chi connectivity index (χ1) is 11.6. The van der Waals surface area contributed by atoms with E-state index in [2.05, 4.69) is 11.4 Å². The Bertz CT molecular complexity index is 620. The number of carbonyl (C=O) groups excluding carboxylic acids is 3. The van der Waals surface area contributed by atoms with Crippen LogP contribution in [0, 0.1) is 0 Å². The molecule has 0 aromatic carbocycles. The number of thiophene rings is 1. The highest BCUT2D eigenvalue weighted by Gasteiger charge is 2.37. The van der Waals surface area contributed by atoms with Crippen LogP contribution in [0.3, 0.4) is 0 Å². The first-order valence-corrected chi connectivity index (χ1v) is 10.1. The monoisotopic (exact) mass is 367 g/mol. The van der Waals surface area contributed by atoms with E-state index in [4.69, 9.17) is 0 Å². The van der Waals surface area contributed by atoms with E-state index in [0.717, 1.165) is 17.1 Å². The Kier molecular flexibility index (Phi) is 5.45. The zero-order valence-electron chi connectivity index (χ0n) is 13.6. The molecule has 0 bridgehead atoms. The van der Waals surface area contributed by atoms with Gasteiger partial charge in [-0.15, -0.1) is 11.3 Å². The number of carbonyl (C=O) groups is 3. The molecule has 2 fully saturated rings. The van der Waals surface area contributed by atoms with Gasteiger partial charge in [0, 0.05) is 48.6 Å². The molecule has 6 nitrogen and oxygen atoms in total. The third kappa shape index (κ3) is 3.44. The van der Waals surface area contributed by atoms with Gasteiger partial charge >= 0.3 is 17.8 Å². The van der Waals surface area contributed by atoms with Gasteiger partial charge in [0.15, 0.2) is 0 Å². The van der Waals surface area contributed by atoms with Gasteiger partial charge in [0.05, 0.1) is 0 Å². The first-order valence-electron chi connectivity index (χ1n) is 8.16. The topological polar surface area (TPSA) is 60.9 Å². The van der Waals surface area contributed by atoms with Gasteiger partial charge in [0.1, 0.15) is 0 Å². The third-order valence-corrected chi connectivity index (χ3v) is 6.84. The maximum absolute atomic E-state index is 12.7. The Morgan fingerprint density at radius 1 is 1.21 bits per heavy atom. The number of imide groups is 1. The largest absolute Gasteiger partial charge is 0.333 e. The molecule has 4 amide bonds. The van der Waals surface area contributed by atoms with E-state index in [9.17, 15) is 14.4 Å². The Morgan fingerprint density at radius 2 is 2.04 bits per heavy atom. The van der Waals surface area contributed by atoms with Crippen molar-refractivity contribution in [2.24, 2.45) is 0 Å². The standard InChI is InChI=1S/C16H21N3O3S2/c1-2-17-7-8-19(15(21)14(17)20)16(22)18-6-5-13(24-11-9-18)12-4-3-10-23-12/h3-4,10,13H,2,5-9,11H2,1H3/t13-/m0/s1. The number of amides is 4. The molecule has 0 radical (unpaired) electrons. The van der Waals surface area contributed by atoms with Crippen molar-refractivity contribution in [1.29, 1.82) is 0 Å². The van der Waals surface area contributed by atoms with Crippen LogP contribution in [0.25, 0.3) is 0 Å². The maximum atomic E-state index is 12.7. The van der Waals surface area contributed by atoms with Crippen LogP contribution < -0.4 is 0 Å². The minimum Gasteiger partial charge on any atom is -0.333 e. The van der Waals surface area contributed by atoms with Crippen molar-refractivity contribution in [2.75, 3.05) is 38.5 Å². The molecule has 0 N–H and O–H groups in total. The number of rotatable bonds is 2. The fraction of sp³-hybridized carbons (Fsp3) is 0.562. The fourth-order valence-electron chi connectivity index (χ4n) is 2.99. The Balaban J connectivity index is 1.63. The third-order valence-electron chi connectivity index (χ3n) is 4.39. The minimum atomic E-state index is -0.695. The predicted molar refractivity (Wildman–Crippen MR) is 95.1 cm³/mol. The van der Waals surface area contributed by atoms with Crippen LogP contribution in [0.15, 0.2) is 17.5 Å². The second-order valence-corrected chi connectivity index (χ2v) is 8.06. The zero-order valence-corrected chi connectivity index (χ0v) is 15.3. The Hall–Kier alpha value is -1.54. The van der Waals surface area contributed by atoms with Crippen LogP contribution in [0.1, 0.15) is 23.5 Å². The lowest BCUT2D eigenvalue weighted by Crippen LogP contribution is -2.58. The molecule has 0 spiro atoms. The van der Waals surface area contributed by atoms with Gasteiger partial charge in [-0.05, 0) is 24.8 Å². The molecule has 2 aliphatic heterocycles. The molecular formula is C16H21N3O3S2. The van der Waals surface area contributed by atoms with E-state index in [1.807, 2.05) is 24.8 Å². The predicted octanol–water partition coefficient (Wildman–Crippen LogP) is 2.04. The summed E-state index contributed by atoms with van der Waals surface area (Å²) in [5.41, 5.74) is 0. The summed E-state index contributed by atoms with van der Waals surface area (Å²) >= 11 is 3.59. The quantitative estimate of drug-likeness (QED) is 0.751. The SMILES string of the molecule is CCN1CCN(C(=O)N2CCS[C@H](c3cccs3)CC2)C(=O)C1=O. The summed E-state index contributed by atoms with van der Waals surface area (Å²) in [4.78, 5) is 42.5. The molecular weight excluding hydrogens is 346 g/mol. The fourth-order valence-corrected chi connectivity index (χ4v) is 5.23. The van der Waals surface area contributed by atoms with Crippen molar-refractivity contribution < 1.29 is 14.4 Å². The van der Waals surface area contributed by atoms with Gasteiger partial charge in [0.25, 0.3) is 0 Å². The highest BCUT2D eigenvalue weighted by Crippen LogP contribution is 2.36. The van der Waals surface area contributed by atoms with Crippen LogP contribution in [0.5, 0.6) is 0 Å². The van der Waals surface area contributed by atoms with Gasteiger partial charge in [-0.3, -0.25) is 14.5 Å². The minimum absolute atomic E-state index is 0.287. The van der Waals surface area contributed by atoms with Gasteiger partial charge in [-0.1, -0.05) is 6.07 Å². The average molecular weight is 367 g/mol. The lowest BCUT2D eigenvalue weighted by molar-refractivity contribution is -0.153. The summed E-state index contributed by atoms with van der Waals surface area (Å²) in [5.74, 6) is -0.427. The lowest BCUT2D eigenvalue weighted by Gasteiger charge is -2.34. The maximum Gasteiger partial charge on any atom is 0.327 e. The van der Waals surface area contributed by atoms with E-state index in [-0.39, 0.29) is 12.6 Å². The van der Waals surface area contributed by atoms with Crippen LogP contribution in [-0.4, -0.2) is 71.0 Å². The molecule has 8 heteroatoms. The van der Waals surface area contributed by atoms with Crippen molar-refractivity contribution in [3.63, 3.8) is 0 Å². The molecule has 0 unspecified atom stereocenters. The molecule has 130 valence electrons. The van der Waals surface area contributed by atoms with Crippen molar-refractivity contribution in [1.82, 2.24) is 14.7 Å². The highest BCUT2D eigenvalue weighted by molar-refractivity contribution is 7.99. The average Bonchev–Trinajstić information content (AvgIpc) is 3.01. The number of piperazine rings is 1. The van der Waals surface area contributed by atoms with E-state index in [1.165, 1.54) is 9.78 Å². The molecule has 2 aliphatic rings. The molecule has 1 atom stereocenters. The van der Waals surface area contributed by atoms with Gasteiger partial charge in [0.2, 0.25) is 0 Å². The molecule has 3 heterocycles. The Labute approximate surface area is 149 Å². The van der Waals surface area contributed by atoms with Gasteiger partial charge in [-0.25, -0.2) is 4.79 Å². The molecule has 0 aliphatic carbocycles. The first kappa shape index (κ1) is 17.3. The van der Waals surface area contributed by atoms with E-state index in [1.54, 1.807) is 16.2 Å². The summed E-state index contributed by atoms with van der Waals surface area (Å²) in [7, 11) is 0. The molecule has 24 heavy (non-hydrogen) atoms. The second kappa shape index (κ2) is 7.57. The normalized spacial score (nSPS) is 22.7. The molecule has 0 saturated carbocycles. The molecule has 1 aromatic heterocycles. The highest BCUT2D eigenvalue weighted by atomic mass is 32.2. The van der Waals surface area contributed by atoms with Crippen molar-refractivity contribution >= 4 is 40.9 Å². The number of urea groups is 1. The molecule has 1 aromatic rings. The molecule has 2 saturated heterocycles. The van der Waals surface area contributed by atoms with E-state index in [0.29, 0.717) is 31.4 Å². The number of likely N-dealkylation sites (N-methyl/N-ethyl adjacent to an activating group) is 1. The summed E-state index contributed by atoms with van der Waals surface area (Å²) in [6, 6.07) is 3.86. The van der Waals surface area contributed by atoms with Crippen molar-refractivity contribution in [3.05, 3.63) is 22.4 Å². The van der Waals surface area contributed by atoms with E-state index < -0.39 is 11.8 Å². The van der Waals surface area contributed by atoms with Crippen LogP contribution in [0.4, 0.5) is 4.79 Å². The Morgan fingerprint density at radius 3 is 2.75 bits per heavy atom. The van der Waals surface area contributed by atoms with Crippen LogP contribution in [-0.2, 0) is 9.59 Å². The van der Waals surface area contributed by atoms with E-state index >= 15 is 0 Å². The zero-order chi connectivity index (χ0) is 17.1. The van der Waals surface area contributed by atoms with Crippen molar-refractivity contribution in [3.8, 4) is 0 Å². The van der Waals surface area contributed by atoms with Gasteiger partial charge in [-0.2, -0.15) is 11.8 Å². The van der Waals surface area contributed by atoms with Crippen molar-refractivity contribution in [2.45, 2.75) is 18.6 Å². The number of nitrogens with zero attached hydrogens (tertiary/aromatic N) is 3. The summed E-state index contributed by atoms with van der Waals surface area (Å²) < 4.78 is 0. The van der Waals surface area contributed by atoms with Crippen LogP contribution in [0.2, 0.25) is 0 Å². The summed E-state index contributed by atoms with van der Waals surface area (Å²) in [6.07, 6.45) is 0.869. The second-order valence-electron chi connectivity index (χ2n) is 5.77. The van der Waals surface area contributed by atoms with Crippen LogP contribution >= 0.6 is 23.1 Å². The number of hydrogen-bond donors (Lipinski definition) is 0. The summed E-state index contributed by atoms with van der Waals surface area (Å²) in [6.45, 7) is 4.27. The smallest absolute Gasteiger partial charge is 0.327 e. The number of thioether (sulfide) groups is 1. The van der Waals surface area contributed by atoms with Gasteiger partial charge < -0.3 is 9.80 Å². The number of hydrogen-bond acceptors (Lipinski definition) is 5. The lowest BCUT2D eigenvalue weighted by atomic mass is 10.2. The summed E-state index contributed by atoms with van der Waals surface area (Å²) in [5, 5.41) is 2.47. The molecule has 3 rings (SSSR count).